The number of rotatable bonds is 5. The number of nitrogens with one attached hydrogen (secondary N) is 1. The molecule has 0 radical (unpaired) electrons. The lowest BCUT2D eigenvalue weighted by molar-refractivity contribution is -0.126. The second-order valence-corrected chi connectivity index (χ2v) is 5.42. The maximum absolute atomic E-state index is 12.1. The van der Waals surface area contributed by atoms with Crippen LogP contribution in [0, 0.1) is 11.8 Å². The highest BCUT2D eigenvalue weighted by molar-refractivity contribution is 5.79. The van der Waals surface area contributed by atoms with Crippen LogP contribution in [-0.4, -0.2) is 26.9 Å². The van der Waals surface area contributed by atoms with E-state index in [0.717, 1.165) is 12.8 Å². The Morgan fingerprint density at radius 3 is 2.50 bits per heavy atom. The van der Waals surface area contributed by atoms with Crippen molar-refractivity contribution in [3.63, 3.8) is 0 Å². The highest BCUT2D eigenvalue weighted by Gasteiger charge is 2.26. The van der Waals surface area contributed by atoms with E-state index >= 15 is 0 Å². The second kappa shape index (κ2) is 5.98. The van der Waals surface area contributed by atoms with E-state index in [1.54, 1.807) is 17.2 Å². The van der Waals surface area contributed by atoms with Gasteiger partial charge in [0.25, 0.3) is 0 Å². The minimum atomic E-state index is 0.102. The molecule has 0 bridgehead atoms. The number of hydrogen-bond donors (Lipinski definition) is 1. The van der Waals surface area contributed by atoms with Crippen molar-refractivity contribution in [3.8, 4) is 0 Å². The van der Waals surface area contributed by atoms with E-state index in [9.17, 15) is 4.79 Å². The van der Waals surface area contributed by atoms with Gasteiger partial charge >= 0.3 is 0 Å². The van der Waals surface area contributed by atoms with Gasteiger partial charge in [-0.2, -0.15) is 15.0 Å². The molecular formula is C13H22N4O. The van der Waals surface area contributed by atoms with Crippen molar-refractivity contribution in [3.05, 3.63) is 12.4 Å². The van der Waals surface area contributed by atoms with E-state index in [-0.39, 0.29) is 17.9 Å². The van der Waals surface area contributed by atoms with Gasteiger partial charge in [-0.15, -0.1) is 0 Å². The summed E-state index contributed by atoms with van der Waals surface area (Å²) in [4.78, 5) is 13.8. The summed E-state index contributed by atoms with van der Waals surface area (Å²) in [7, 11) is 0. The zero-order valence-electron chi connectivity index (χ0n) is 11.2. The zero-order chi connectivity index (χ0) is 13.0. The number of hydrogen-bond acceptors (Lipinski definition) is 3. The highest BCUT2D eigenvalue weighted by Crippen LogP contribution is 2.25. The molecule has 1 fully saturated rings. The molecular weight excluding hydrogens is 228 g/mol. The number of amides is 1. The molecule has 0 spiro atoms. The molecule has 100 valence electrons. The van der Waals surface area contributed by atoms with Gasteiger partial charge in [0.2, 0.25) is 5.91 Å². The predicted octanol–water partition coefficient (Wildman–Crippen LogP) is 1.61. The van der Waals surface area contributed by atoms with E-state index in [0.29, 0.717) is 12.5 Å². The lowest BCUT2D eigenvalue weighted by atomic mass is 10.0. The van der Waals surface area contributed by atoms with Crippen molar-refractivity contribution in [2.45, 2.75) is 52.1 Å². The molecule has 1 saturated carbocycles. The van der Waals surface area contributed by atoms with Gasteiger partial charge in [0.15, 0.2) is 0 Å². The average Bonchev–Trinajstić information content (AvgIpc) is 3.00. The standard InChI is InChI=1S/C13H22N4O/c1-10(2)12(9-17-14-7-8-15-17)16-13(18)11-5-3-4-6-11/h7-8,10-12H,3-6,9H2,1-2H3,(H,16,18). The Bertz CT molecular complexity index is 368. The summed E-state index contributed by atoms with van der Waals surface area (Å²) in [5, 5.41) is 11.4. The van der Waals surface area contributed by atoms with E-state index < -0.39 is 0 Å². The summed E-state index contributed by atoms with van der Waals surface area (Å²) in [6, 6.07) is 0.102. The van der Waals surface area contributed by atoms with E-state index in [1.807, 2.05) is 0 Å². The first-order chi connectivity index (χ1) is 8.66. The summed E-state index contributed by atoms with van der Waals surface area (Å²) >= 11 is 0. The molecule has 0 aliphatic heterocycles. The number of carbonyl (C=O) groups is 1. The SMILES string of the molecule is CC(C)C(Cn1nccn1)NC(=O)C1CCCC1. The van der Waals surface area contributed by atoms with Crippen molar-refractivity contribution in [2.75, 3.05) is 0 Å². The summed E-state index contributed by atoms with van der Waals surface area (Å²) in [5.41, 5.74) is 0. The minimum absolute atomic E-state index is 0.102. The molecule has 2 rings (SSSR count). The Kier molecular flexibility index (Phi) is 4.33. The first-order valence-corrected chi connectivity index (χ1v) is 6.81. The fourth-order valence-electron chi connectivity index (χ4n) is 2.43. The van der Waals surface area contributed by atoms with Crippen molar-refractivity contribution in [2.24, 2.45) is 11.8 Å². The third-order valence-corrected chi connectivity index (χ3v) is 3.68. The van der Waals surface area contributed by atoms with Gasteiger partial charge in [0, 0.05) is 5.92 Å². The van der Waals surface area contributed by atoms with Crippen LogP contribution in [0.4, 0.5) is 0 Å². The van der Waals surface area contributed by atoms with E-state index in [2.05, 4.69) is 29.4 Å². The van der Waals surface area contributed by atoms with Crippen LogP contribution in [-0.2, 0) is 11.3 Å². The predicted molar refractivity (Wildman–Crippen MR) is 68.7 cm³/mol. The highest BCUT2D eigenvalue weighted by atomic mass is 16.2. The van der Waals surface area contributed by atoms with Crippen molar-refractivity contribution in [1.82, 2.24) is 20.3 Å². The zero-order valence-corrected chi connectivity index (χ0v) is 11.2. The topological polar surface area (TPSA) is 59.8 Å². The first kappa shape index (κ1) is 13.1. The Balaban J connectivity index is 1.91. The molecule has 1 heterocycles. The van der Waals surface area contributed by atoms with Crippen LogP contribution in [0.5, 0.6) is 0 Å². The fraction of sp³-hybridized carbons (Fsp3) is 0.769. The normalized spacial score (nSPS) is 18.2. The van der Waals surface area contributed by atoms with Crippen LogP contribution in [0.3, 0.4) is 0 Å². The molecule has 1 N–H and O–H groups in total. The van der Waals surface area contributed by atoms with Gasteiger partial charge in [-0.25, -0.2) is 0 Å². The summed E-state index contributed by atoms with van der Waals surface area (Å²) in [5.74, 6) is 0.802. The van der Waals surface area contributed by atoms with E-state index in [4.69, 9.17) is 0 Å². The quantitative estimate of drug-likeness (QED) is 0.863. The van der Waals surface area contributed by atoms with Gasteiger partial charge < -0.3 is 5.32 Å². The molecule has 0 saturated heterocycles. The largest absolute Gasteiger partial charge is 0.351 e. The first-order valence-electron chi connectivity index (χ1n) is 6.81. The number of nitrogens with zero attached hydrogens (tertiary/aromatic N) is 3. The molecule has 5 heteroatoms. The Labute approximate surface area is 108 Å². The van der Waals surface area contributed by atoms with Crippen molar-refractivity contribution in [1.29, 1.82) is 0 Å². The van der Waals surface area contributed by atoms with Crippen LogP contribution >= 0.6 is 0 Å². The lowest BCUT2D eigenvalue weighted by Crippen LogP contribution is -2.44. The summed E-state index contributed by atoms with van der Waals surface area (Å²) in [6.07, 6.45) is 7.77. The molecule has 1 aliphatic rings. The lowest BCUT2D eigenvalue weighted by Gasteiger charge is -2.23. The molecule has 18 heavy (non-hydrogen) atoms. The number of aromatic nitrogens is 3. The third-order valence-electron chi connectivity index (χ3n) is 3.68. The molecule has 1 aliphatic carbocycles. The minimum Gasteiger partial charge on any atom is -0.351 e. The van der Waals surface area contributed by atoms with Crippen LogP contribution < -0.4 is 5.32 Å². The maximum atomic E-state index is 12.1. The van der Waals surface area contributed by atoms with Crippen molar-refractivity contribution >= 4 is 5.91 Å². The second-order valence-electron chi connectivity index (χ2n) is 5.42. The molecule has 1 aromatic heterocycles. The molecule has 1 aromatic rings. The molecule has 0 aromatic carbocycles. The number of carbonyl (C=O) groups excluding carboxylic acids is 1. The summed E-state index contributed by atoms with van der Waals surface area (Å²) in [6.45, 7) is 4.87. The molecule has 1 unspecified atom stereocenters. The van der Waals surface area contributed by atoms with Gasteiger partial charge in [-0.1, -0.05) is 26.7 Å². The molecule has 1 amide bonds. The maximum Gasteiger partial charge on any atom is 0.223 e. The Hall–Kier alpha value is -1.39. The van der Waals surface area contributed by atoms with Gasteiger partial charge in [0.1, 0.15) is 0 Å². The fourth-order valence-corrected chi connectivity index (χ4v) is 2.43. The summed E-state index contributed by atoms with van der Waals surface area (Å²) < 4.78 is 0. The van der Waals surface area contributed by atoms with Crippen LogP contribution in [0.1, 0.15) is 39.5 Å². The van der Waals surface area contributed by atoms with Crippen molar-refractivity contribution < 1.29 is 4.79 Å². The van der Waals surface area contributed by atoms with Crippen LogP contribution in [0.2, 0.25) is 0 Å². The van der Waals surface area contributed by atoms with Crippen LogP contribution in [0.15, 0.2) is 12.4 Å². The molecule has 1 atom stereocenters. The van der Waals surface area contributed by atoms with E-state index in [1.165, 1.54) is 12.8 Å². The molecule has 5 nitrogen and oxygen atoms in total. The Morgan fingerprint density at radius 1 is 1.33 bits per heavy atom. The van der Waals surface area contributed by atoms with Gasteiger partial charge in [-0.05, 0) is 18.8 Å². The van der Waals surface area contributed by atoms with Gasteiger partial charge in [0.05, 0.1) is 25.0 Å². The smallest absolute Gasteiger partial charge is 0.223 e. The Morgan fingerprint density at radius 2 is 1.94 bits per heavy atom. The van der Waals surface area contributed by atoms with Crippen LogP contribution in [0.25, 0.3) is 0 Å². The average molecular weight is 250 g/mol. The monoisotopic (exact) mass is 250 g/mol. The van der Waals surface area contributed by atoms with Gasteiger partial charge in [-0.3, -0.25) is 4.79 Å². The third kappa shape index (κ3) is 3.31.